The van der Waals surface area contributed by atoms with Crippen LogP contribution >= 0.6 is 0 Å². The van der Waals surface area contributed by atoms with Gasteiger partial charge in [-0.15, -0.1) is 0 Å². The van der Waals surface area contributed by atoms with Gasteiger partial charge in [0.2, 0.25) is 10.0 Å². The summed E-state index contributed by atoms with van der Waals surface area (Å²) in [6, 6.07) is 4.64. The standard InChI is InChI=1S/C12H16N4O3S/c1-15(2)20(17,18)11-6-4-5-10(12(11)13)19-9-7-14-16(3)8-9/h4-8H,13H2,1-3H3. The number of hydrogen-bond donors (Lipinski definition) is 1. The van der Waals surface area contributed by atoms with Gasteiger partial charge in [-0.3, -0.25) is 4.68 Å². The number of sulfonamides is 1. The molecule has 2 N–H and O–H groups in total. The molecular weight excluding hydrogens is 280 g/mol. The maximum atomic E-state index is 12.1. The third-order valence-electron chi connectivity index (χ3n) is 2.69. The van der Waals surface area contributed by atoms with Crippen molar-refractivity contribution in [3.05, 3.63) is 30.6 Å². The molecule has 0 radical (unpaired) electrons. The molecule has 8 heteroatoms. The lowest BCUT2D eigenvalue weighted by molar-refractivity contribution is 0.481. The van der Waals surface area contributed by atoms with Crippen molar-refractivity contribution in [1.29, 1.82) is 0 Å². The molecule has 2 aromatic rings. The molecule has 1 aromatic carbocycles. The summed E-state index contributed by atoms with van der Waals surface area (Å²) in [7, 11) is 1.04. The van der Waals surface area contributed by atoms with E-state index in [-0.39, 0.29) is 16.3 Å². The molecule has 0 aliphatic heterocycles. The summed E-state index contributed by atoms with van der Waals surface area (Å²) in [6.07, 6.45) is 3.18. The van der Waals surface area contributed by atoms with Crippen molar-refractivity contribution in [3.8, 4) is 11.5 Å². The largest absolute Gasteiger partial charge is 0.452 e. The minimum Gasteiger partial charge on any atom is -0.452 e. The second-order valence-corrected chi connectivity index (χ2v) is 6.53. The molecule has 20 heavy (non-hydrogen) atoms. The van der Waals surface area contributed by atoms with Crippen LogP contribution in [0, 0.1) is 0 Å². The van der Waals surface area contributed by atoms with Crippen LogP contribution in [0.2, 0.25) is 0 Å². The molecule has 1 aromatic heterocycles. The van der Waals surface area contributed by atoms with Crippen LogP contribution in [0.15, 0.2) is 35.5 Å². The number of ether oxygens (including phenoxy) is 1. The van der Waals surface area contributed by atoms with Crippen molar-refractivity contribution in [1.82, 2.24) is 14.1 Å². The summed E-state index contributed by atoms with van der Waals surface area (Å²) in [6.45, 7) is 0. The first kappa shape index (κ1) is 14.4. The molecule has 0 aliphatic carbocycles. The summed E-state index contributed by atoms with van der Waals surface area (Å²) in [5.41, 5.74) is 5.98. The predicted molar refractivity (Wildman–Crippen MR) is 75.0 cm³/mol. The Balaban J connectivity index is 2.42. The molecule has 0 fully saturated rings. The number of aromatic nitrogens is 2. The van der Waals surface area contributed by atoms with E-state index in [2.05, 4.69) is 5.10 Å². The number of anilines is 1. The number of rotatable bonds is 4. The molecule has 7 nitrogen and oxygen atoms in total. The lowest BCUT2D eigenvalue weighted by Gasteiger charge is -2.15. The second kappa shape index (κ2) is 5.14. The fourth-order valence-electron chi connectivity index (χ4n) is 1.61. The molecule has 2 rings (SSSR count). The zero-order valence-electron chi connectivity index (χ0n) is 11.4. The van der Waals surface area contributed by atoms with Gasteiger partial charge in [0.05, 0.1) is 18.1 Å². The fraction of sp³-hybridized carbons (Fsp3) is 0.250. The van der Waals surface area contributed by atoms with Crippen LogP contribution in [-0.2, 0) is 17.1 Å². The Bertz CT molecular complexity index is 722. The van der Waals surface area contributed by atoms with E-state index in [4.69, 9.17) is 10.5 Å². The van der Waals surface area contributed by atoms with Gasteiger partial charge < -0.3 is 10.5 Å². The Morgan fingerprint density at radius 2 is 2.05 bits per heavy atom. The average molecular weight is 296 g/mol. The van der Waals surface area contributed by atoms with E-state index in [1.807, 2.05) is 0 Å². The Kier molecular flexibility index (Phi) is 3.69. The first-order valence-corrected chi connectivity index (χ1v) is 7.24. The Morgan fingerprint density at radius 3 is 2.60 bits per heavy atom. The van der Waals surface area contributed by atoms with Gasteiger partial charge in [0.15, 0.2) is 11.5 Å². The van der Waals surface area contributed by atoms with Gasteiger partial charge in [-0.2, -0.15) is 5.10 Å². The maximum absolute atomic E-state index is 12.1. The lowest BCUT2D eigenvalue weighted by Crippen LogP contribution is -2.23. The monoisotopic (exact) mass is 296 g/mol. The zero-order chi connectivity index (χ0) is 14.9. The Morgan fingerprint density at radius 1 is 1.35 bits per heavy atom. The van der Waals surface area contributed by atoms with E-state index in [0.717, 1.165) is 4.31 Å². The quantitative estimate of drug-likeness (QED) is 0.851. The highest BCUT2D eigenvalue weighted by molar-refractivity contribution is 7.89. The van der Waals surface area contributed by atoms with Crippen LogP contribution < -0.4 is 10.5 Å². The molecule has 0 amide bonds. The van der Waals surface area contributed by atoms with E-state index >= 15 is 0 Å². The van der Waals surface area contributed by atoms with Crippen LogP contribution in [0.25, 0.3) is 0 Å². The van der Waals surface area contributed by atoms with E-state index in [1.165, 1.54) is 26.4 Å². The number of aryl methyl sites for hydroxylation is 1. The molecular formula is C12H16N4O3S. The third kappa shape index (κ3) is 2.61. The summed E-state index contributed by atoms with van der Waals surface area (Å²) in [5, 5.41) is 3.97. The maximum Gasteiger partial charge on any atom is 0.244 e. The van der Waals surface area contributed by atoms with Gasteiger partial charge in [-0.05, 0) is 12.1 Å². The average Bonchev–Trinajstić information content (AvgIpc) is 2.77. The Labute approximate surface area is 117 Å². The van der Waals surface area contributed by atoms with E-state index in [1.54, 1.807) is 30.1 Å². The molecule has 0 unspecified atom stereocenters. The zero-order valence-corrected chi connectivity index (χ0v) is 12.3. The second-order valence-electron chi connectivity index (χ2n) is 4.41. The Hall–Kier alpha value is -2.06. The van der Waals surface area contributed by atoms with Gasteiger partial charge >= 0.3 is 0 Å². The van der Waals surface area contributed by atoms with Crippen molar-refractivity contribution >= 4 is 15.7 Å². The van der Waals surface area contributed by atoms with E-state index < -0.39 is 10.0 Å². The summed E-state index contributed by atoms with van der Waals surface area (Å²) in [4.78, 5) is 0.0175. The van der Waals surface area contributed by atoms with E-state index in [9.17, 15) is 8.42 Å². The van der Waals surface area contributed by atoms with Crippen LogP contribution in [0.5, 0.6) is 11.5 Å². The first-order valence-electron chi connectivity index (χ1n) is 5.80. The summed E-state index contributed by atoms with van der Waals surface area (Å²) >= 11 is 0. The fourth-order valence-corrected chi connectivity index (χ4v) is 2.64. The number of nitrogens with zero attached hydrogens (tertiary/aromatic N) is 3. The predicted octanol–water partition coefficient (Wildman–Crippen LogP) is 1.04. The number of para-hydroxylation sites is 1. The van der Waals surface area contributed by atoms with Crippen molar-refractivity contribution < 1.29 is 13.2 Å². The molecule has 0 saturated heterocycles. The van der Waals surface area contributed by atoms with Crippen molar-refractivity contribution in [2.75, 3.05) is 19.8 Å². The number of nitrogen functional groups attached to an aromatic ring is 1. The SMILES string of the molecule is CN(C)S(=O)(=O)c1cccc(Oc2cnn(C)c2)c1N. The number of hydrogen-bond acceptors (Lipinski definition) is 5. The topological polar surface area (TPSA) is 90.5 Å². The van der Waals surface area contributed by atoms with Crippen LogP contribution in [0.3, 0.4) is 0 Å². The lowest BCUT2D eigenvalue weighted by atomic mass is 10.3. The van der Waals surface area contributed by atoms with Crippen molar-refractivity contribution in [2.45, 2.75) is 4.90 Å². The van der Waals surface area contributed by atoms with Gasteiger partial charge in [-0.25, -0.2) is 12.7 Å². The van der Waals surface area contributed by atoms with Gasteiger partial charge in [0.25, 0.3) is 0 Å². The molecule has 0 spiro atoms. The highest BCUT2D eigenvalue weighted by atomic mass is 32.2. The molecule has 0 atom stereocenters. The summed E-state index contributed by atoms with van der Waals surface area (Å²) < 4.78 is 32.5. The van der Waals surface area contributed by atoms with Gasteiger partial charge in [0.1, 0.15) is 4.90 Å². The number of benzene rings is 1. The third-order valence-corrected chi connectivity index (χ3v) is 4.57. The molecule has 1 heterocycles. The van der Waals surface area contributed by atoms with Gasteiger partial charge in [-0.1, -0.05) is 6.07 Å². The van der Waals surface area contributed by atoms with Crippen LogP contribution in [0.4, 0.5) is 5.69 Å². The molecule has 108 valence electrons. The first-order chi connectivity index (χ1) is 9.32. The highest BCUT2D eigenvalue weighted by Gasteiger charge is 2.22. The van der Waals surface area contributed by atoms with Gasteiger partial charge in [0, 0.05) is 21.1 Å². The molecule has 0 aliphatic rings. The summed E-state index contributed by atoms with van der Waals surface area (Å²) in [5.74, 6) is 0.763. The minimum absolute atomic E-state index is 0.0175. The number of nitrogens with two attached hydrogens (primary N) is 1. The normalized spacial score (nSPS) is 11.8. The minimum atomic E-state index is -3.61. The molecule has 0 saturated carbocycles. The van der Waals surface area contributed by atoms with Crippen molar-refractivity contribution in [3.63, 3.8) is 0 Å². The van der Waals surface area contributed by atoms with E-state index in [0.29, 0.717) is 5.75 Å². The van der Waals surface area contributed by atoms with Crippen LogP contribution in [0.1, 0.15) is 0 Å². The van der Waals surface area contributed by atoms with Crippen molar-refractivity contribution in [2.24, 2.45) is 7.05 Å². The highest BCUT2D eigenvalue weighted by Crippen LogP contribution is 2.32. The molecule has 0 bridgehead atoms. The van der Waals surface area contributed by atoms with Crippen LogP contribution in [-0.4, -0.2) is 36.6 Å². The smallest absolute Gasteiger partial charge is 0.244 e.